The van der Waals surface area contributed by atoms with Gasteiger partial charge in [-0.15, -0.1) is 0 Å². The van der Waals surface area contributed by atoms with Gasteiger partial charge in [-0.05, 0) is 11.4 Å². The van der Waals surface area contributed by atoms with Crippen molar-refractivity contribution in [3.63, 3.8) is 0 Å². The normalized spacial score (nSPS) is 9.46. The van der Waals surface area contributed by atoms with Crippen LogP contribution in [-0.2, 0) is 0 Å². The van der Waals surface area contributed by atoms with Crippen molar-refractivity contribution in [3.05, 3.63) is 34.9 Å². The molecule has 0 aliphatic carbocycles. The predicted molar refractivity (Wildman–Crippen MR) is 50.1 cm³/mol. The summed E-state index contributed by atoms with van der Waals surface area (Å²) in [7, 11) is 0. The first kappa shape index (κ1) is 7.90. The lowest BCUT2D eigenvalue weighted by atomic mass is 10.2. The molecule has 0 aromatic carbocycles. The van der Waals surface area contributed by atoms with Crippen molar-refractivity contribution in [2.75, 3.05) is 0 Å². The van der Waals surface area contributed by atoms with Crippen molar-refractivity contribution in [2.24, 2.45) is 0 Å². The Morgan fingerprint density at radius 1 is 1.38 bits per heavy atom. The van der Waals surface area contributed by atoms with E-state index < -0.39 is 0 Å². The van der Waals surface area contributed by atoms with Crippen molar-refractivity contribution >= 4 is 11.3 Å². The van der Waals surface area contributed by atoms with Crippen LogP contribution in [0.5, 0.6) is 0 Å². The molecule has 2 heterocycles. The fraction of sp³-hybridized carbons (Fsp3) is 0. The van der Waals surface area contributed by atoms with E-state index in [1.165, 1.54) is 6.33 Å². The van der Waals surface area contributed by atoms with Gasteiger partial charge in [0.25, 0.3) is 0 Å². The molecule has 0 saturated heterocycles. The smallest absolute Gasteiger partial charge is 0.144 e. The van der Waals surface area contributed by atoms with E-state index in [9.17, 15) is 0 Å². The van der Waals surface area contributed by atoms with E-state index in [0.717, 1.165) is 11.3 Å². The number of thiophene rings is 1. The van der Waals surface area contributed by atoms with Gasteiger partial charge in [0.05, 0.1) is 5.69 Å². The van der Waals surface area contributed by atoms with Crippen molar-refractivity contribution in [1.82, 2.24) is 9.97 Å². The monoisotopic (exact) mass is 187 g/mol. The van der Waals surface area contributed by atoms with Gasteiger partial charge in [-0.1, -0.05) is 0 Å². The average Bonchev–Trinajstić information content (AvgIpc) is 2.71. The summed E-state index contributed by atoms with van der Waals surface area (Å²) in [5.74, 6) is 0. The molecule has 0 atom stereocenters. The lowest BCUT2D eigenvalue weighted by Gasteiger charge is -1.94. The van der Waals surface area contributed by atoms with Crippen molar-refractivity contribution in [2.45, 2.75) is 0 Å². The zero-order valence-corrected chi connectivity index (χ0v) is 7.45. The van der Waals surface area contributed by atoms with Gasteiger partial charge in [0.15, 0.2) is 0 Å². The standard InChI is InChI=1S/C9H5N3S/c10-4-8-3-9(12-6-11-8)7-1-2-13-5-7/h1-3,5-6H. The molecule has 0 aliphatic heterocycles. The SMILES string of the molecule is N#Cc1cc(-c2ccsc2)ncn1. The number of nitrogens with zero attached hydrogens (tertiary/aromatic N) is 3. The summed E-state index contributed by atoms with van der Waals surface area (Å²) in [6.07, 6.45) is 1.41. The quantitative estimate of drug-likeness (QED) is 0.686. The number of nitriles is 1. The molecule has 13 heavy (non-hydrogen) atoms. The van der Waals surface area contributed by atoms with Gasteiger partial charge in [0.1, 0.15) is 18.1 Å². The van der Waals surface area contributed by atoms with Gasteiger partial charge in [-0.3, -0.25) is 0 Å². The third-order valence-electron chi connectivity index (χ3n) is 1.60. The van der Waals surface area contributed by atoms with Crippen LogP contribution in [0.2, 0.25) is 0 Å². The molecule has 4 heteroatoms. The average molecular weight is 187 g/mol. The molecule has 3 nitrogen and oxygen atoms in total. The first-order chi connectivity index (χ1) is 6.40. The minimum Gasteiger partial charge on any atom is -0.236 e. The second kappa shape index (κ2) is 3.33. The number of rotatable bonds is 1. The summed E-state index contributed by atoms with van der Waals surface area (Å²) in [6, 6.07) is 5.63. The third kappa shape index (κ3) is 1.55. The molecule has 2 aromatic rings. The maximum absolute atomic E-state index is 8.62. The maximum atomic E-state index is 8.62. The van der Waals surface area contributed by atoms with E-state index in [1.807, 2.05) is 22.9 Å². The second-order valence-corrected chi connectivity index (χ2v) is 3.19. The first-order valence-electron chi connectivity index (χ1n) is 3.65. The van der Waals surface area contributed by atoms with Crippen LogP contribution < -0.4 is 0 Å². The predicted octanol–water partition coefficient (Wildman–Crippen LogP) is 2.08. The topological polar surface area (TPSA) is 49.6 Å². The van der Waals surface area contributed by atoms with Gasteiger partial charge < -0.3 is 0 Å². The van der Waals surface area contributed by atoms with E-state index in [4.69, 9.17) is 5.26 Å². The van der Waals surface area contributed by atoms with Crippen molar-refractivity contribution in [1.29, 1.82) is 5.26 Å². The molecule has 2 rings (SSSR count). The lowest BCUT2D eigenvalue weighted by Crippen LogP contribution is -1.86. The fourth-order valence-electron chi connectivity index (χ4n) is 0.987. The molecule has 0 N–H and O–H groups in total. The molecule has 0 bridgehead atoms. The van der Waals surface area contributed by atoms with Gasteiger partial charge in [-0.2, -0.15) is 16.6 Å². The van der Waals surface area contributed by atoms with E-state index in [2.05, 4.69) is 9.97 Å². The zero-order valence-electron chi connectivity index (χ0n) is 6.64. The molecule has 2 aromatic heterocycles. The molecule has 0 saturated carbocycles. The molecule has 0 fully saturated rings. The zero-order chi connectivity index (χ0) is 9.10. The van der Waals surface area contributed by atoms with Crippen LogP contribution in [0.3, 0.4) is 0 Å². The van der Waals surface area contributed by atoms with Crippen LogP contribution in [-0.4, -0.2) is 9.97 Å². The minimum absolute atomic E-state index is 0.399. The Balaban J connectivity index is 2.49. The van der Waals surface area contributed by atoms with E-state index >= 15 is 0 Å². The van der Waals surface area contributed by atoms with Gasteiger partial charge in [0, 0.05) is 17.0 Å². The fourth-order valence-corrected chi connectivity index (χ4v) is 1.64. The summed E-state index contributed by atoms with van der Waals surface area (Å²) in [5, 5.41) is 12.6. The highest BCUT2D eigenvalue weighted by atomic mass is 32.1. The molecule has 0 radical (unpaired) electrons. The third-order valence-corrected chi connectivity index (χ3v) is 2.28. The Kier molecular flexibility index (Phi) is 2.02. The highest BCUT2D eigenvalue weighted by Crippen LogP contribution is 2.19. The molecule has 0 aliphatic rings. The lowest BCUT2D eigenvalue weighted by molar-refractivity contribution is 1.14. The molecule has 0 amide bonds. The van der Waals surface area contributed by atoms with Gasteiger partial charge in [0.2, 0.25) is 0 Å². The number of hydrogen-bond acceptors (Lipinski definition) is 4. The molecule has 0 unspecified atom stereocenters. The summed E-state index contributed by atoms with van der Waals surface area (Å²) in [5.41, 5.74) is 2.23. The van der Waals surface area contributed by atoms with Crippen molar-refractivity contribution < 1.29 is 0 Å². The molecule has 0 spiro atoms. The highest BCUT2D eigenvalue weighted by molar-refractivity contribution is 7.08. The number of aromatic nitrogens is 2. The van der Waals surface area contributed by atoms with E-state index in [1.54, 1.807) is 17.4 Å². The minimum atomic E-state index is 0.399. The highest BCUT2D eigenvalue weighted by Gasteiger charge is 2.00. The summed E-state index contributed by atoms with van der Waals surface area (Å²) >= 11 is 1.60. The Bertz CT molecular complexity index is 442. The van der Waals surface area contributed by atoms with Crippen LogP contribution in [0.4, 0.5) is 0 Å². The molecular formula is C9H5N3S. The maximum Gasteiger partial charge on any atom is 0.144 e. The number of hydrogen-bond donors (Lipinski definition) is 0. The summed E-state index contributed by atoms with van der Waals surface area (Å²) in [6.45, 7) is 0. The Morgan fingerprint density at radius 3 is 3.00 bits per heavy atom. The van der Waals surface area contributed by atoms with Crippen LogP contribution in [0.25, 0.3) is 11.3 Å². The first-order valence-corrected chi connectivity index (χ1v) is 4.59. The molecular weight excluding hydrogens is 182 g/mol. The summed E-state index contributed by atoms with van der Waals surface area (Å²) < 4.78 is 0. The van der Waals surface area contributed by atoms with E-state index in [-0.39, 0.29) is 0 Å². The summed E-state index contributed by atoms with van der Waals surface area (Å²) in [4.78, 5) is 7.87. The van der Waals surface area contributed by atoms with Gasteiger partial charge >= 0.3 is 0 Å². The Morgan fingerprint density at radius 2 is 2.31 bits per heavy atom. The van der Waals surface area contributed by atoms with Crippen molar-refractivity contribution in [3.8, 4) is 17.3 Å². The van der Waals surface area contributed by atoms with Crippen LogP contribution in [0.15, 0.2) is 29.2 Å². The Labute approximate surface area is 79.3 Å². The van der Waals surface area contributed by atoms with Crippen LogP contribution >= 0.6 is 11.3 Å². The Hall–Kier alpha value is -1.73. The van der Waals surface area contributed by atoms with Gasteiger partial charge in [-0.25, -0.2) is 9.97 Å². The second-order valence-electron chi connectivity index (χ2n) is 2.41. The largest absolute Gasteiger partial charge is 0.236 e. The van der Waals surface area contributed by atoms with Crippen LogP contribution in [0.1, 0.15) is 5.69 Å². The molecule has 62 valence electrons. The van der Waals surface area contributed by atoms with E-state index in [0.29, 0.717) is 5.69 Å². The van der Waals surface area contributed by atoms with Crippen LogP contribution in [0, 0.1) is 11.3 Å².